The van der Waals surface area contributed by atoms with Crippen molar-refractivity contribution in [3.8, 4) is 22.8 Å². The van der Waals surface area contributed by atoms with E-state index in [-0.39, 0.29) is 17.9 Å². The second-order valence-corrected chi connectivity index (χ2v) is 7.41. The Balaban J connectivity index is 1.54. The molecule has 1 amide bonds. The molecule has 1 aromatic heterocycles. The van der Waals surface area contributed by atoms with Crippen LogP contribution in [0.25, 0.3) is 22.8 Å². The molecule has 5 nitrogen and oxygen atoms in total. The first-order valence-corrected chi connectivity index (χ1v) is 9.70. The van der Waals surface area contributed by atoms with Crippen LogP contribution in [0.3, 0.4) is 0 Å². The van der Waals surface area contributed by atoms with Gasteiger partial charge in [-0.15, -0.1) is 0 Å². The van der Waals surface area contributed by atoms with E-state index in [9.17, 15) is 9.90 Å². The number of aryl methyl sites for hydroxylation is 1. The zero-order chi connectivity index (χ0) is 19.5. The van der Waals surface area contributed by atoms with Gasteiger partial charge >= 0.3 is 0 Å². The zero-order valence-electron chi connectivity index (χ0n) is 15.9. The molecule has 0 unspecified atom stereocenters. The van der Waals surface area contributed by atoms with Crippen LogP contribution in [0, 0.1) is 12.8 Å². The summed E-state index contributed by atoms with van der Waals surface area (Å²) in [5.41, 5.74) is 3.30. The first-order valence-electron chi connectivity index (χ1n) is 9.70. The van der Waals surface area contributed by atoms with Crippen LogP contribution in [0.4, 0.5) is 0 Å². The van der Waals surface area contributed by atoms with E-state index in [0.29, 0.717) is 29.3 Å². The van der Waals surface area contributed by atoms with Crippen molar-refractivity contribution in [2.75, 3.05) is 6.54 Å². The average molecular weight is 376 g/mol. The van der Waals surface area contributed by atoms with Gasteiger partial charge in [0.05, 0.1) is 17.9 Å². The molecular weight excluding hydrogens is 352 g/mol. The number of nitrogens with one attached hydrogen (secondary N) is 1. The molecule has 3 aromatic rings. The van der Waals surface area contributed by atoms with E-state index in [4.69, 9.17) is 4.42 Å². The predicted molar refractivity (Wildman–Crippen MR) is 108 cm³/mol. The van der Waals surface area contributed by atoms with Gasteiger partial charge in [0.1, 0.15) is 0 Å². The van der Waals surface area contributed by atoms with E-state index < -0.39 is 0 Å². The largest absolute Gasteiger partial charge is 0.436 e. The van der Waals surface area contributed by atoms with Gasteiger partial charge in [0.25, 0.3) is 5.91 Å². The van der Waals surface area contributed by atoms with Crippen LogP contribution >= 0.6 is 0 Å². The average Bonchev–Trinajstić information content (AvgIpc) is 3.36. The third-order valence-electron chi connectivity index (χ3n) is 5.39. The number of nitrogens with zero attached hydrogens (tertiary/aromatic N) is 1. The molecule has 5 heteroatoms. The molecule has 2 aromatic carbocycles. The summed E-state index contributed by atoms with van der Waals surface area (Å²) in [6.07, 6.45) is 4.14. The summed E-state index contributed by atoms with van der Waals surface area (Å²) in [5, 5.41) is 12.9. The summed E-state index contributed by atoms with van der Waals surface area (Å²) in [6, 6.07) is 15.3. The monoisotopic (exact) mass is 376 g/mol. The zero-order valence-corrected chi connectivity index (χ0v) is 15.9. The van der Waals surface area contributed by atoms with E-state index in [1.165, 1.54) is 5.56 Å². The molecule has 1 aliphatic rings. The van der Waals surface area contributed by atoms with Crippen molar-refractivity contribution < 1.29 is 14.3 Å². The van der Waals surface area contributed by atoms with Crippen molar-refractivity contribution in [3.05, 3.63) is 65.9 Å². The molecule has 0 bridgehead atoms. The molecule has 144 valence electrons. The SMILES string of the molecule is Cc1ccc(-c2cnc(-c3ccccc3C(=O)NC[C@H]3CCC[C@@H]3O)o2)cc1. The second kappa shape index (κ2) is 7.98. The molecule has 2 atom stereocenters. The molecule has 28 heavy (non-hydrogen) atoms. The highest BCUT2D eigenvalue weighted by Gasteiger charge is 2.26. The molecule has 0 spiro atoms. The number of aliphatic hydroxyl groups is 1. The molecule has 1 aliphatic carbocycles. The molecule has 2 N–H and O–H groups in total. The van der Waals surface area contributed by atoms with Crippen LogP contribution in [0.5, 0.6) is 0 Å². The summed E-state index contributed by atoms with van der Waals surface area (Å²) >= 11 is 0. The van der Waals surface area contributed by atoms with Gasteiger partial charge in [-0.1, -0.05) is 48.4 Å². The Bertz CT molecular complexity index is 962. The van der Waals surface area contributed by atoms with Gasteiger partial charge in [-0.3, -0.25) is 4.79 Å². The van der Waals surface area contributed by atoms with Crippen molar-refractivity contribution >= 4 is 5.91 Å². The van der Waals surface area contributed by atoms with Gasteiger partial charge in [0.2, 0.25) is 5.89 Å². The molecule has 1 fully saturated rings. The third-order valence-corrected chi connectivity index (χ3v) is 5.39. The topological polar surface area (TPSA) is 75.4 Å². The van der Waals surface area contributed by atoms with Crippen molar-refractivity contribution in [3.63, 3.8) is 0 Å². The quantitative estimate of drug-likeness (QED) is 0.699. The highest BCUT2D eigenvalue weighted by Crippen LogP contribution is 2.29. The first-order chi connectivity index (χ1) is 13.6. The predicted octanol–water partition coefficient (Wildman–Crippen LogP) is 4.21. The van der Waals surface area contributed by atoms with Crippen LogP contribution in [-0.4, -0.2) is 28.6 Å². The smallest absolute Gasteiger partial charge is 0.252 e. The molecule has 1 saturated carbocycles. The summed E-state index contributed by atoms with van der Waals surface area (Å²) in [6.45, 7) is 2.52. The standard InChI is InChI=1S/C23H24N2O3/c1-15-9-11-16(12-10-15)21-14-25-23(28-21)19-7-3-2-6-18(19)22(27)24-13-17-5-4-8-20(17)26/h2-3,6-7,9-12,14,17,20,26H,4-5,8,13H2,1H3,(H,24,27)/t17-,20+/m1/s1. The Morgan fingerprint density at radius 1 is 1.18 bits per heavy atom. The molecule has 1 heterocycles. The van der Waals surface area contributed by atoms with E-state index in [1.54, 1.807) is 12.3 Å². The number of hydrogen-bond donors (Lipinski definition) is 2. The van der Waals surface area contributed by atoms with Crippen LogP contribution < -0.4 is 5.32 Å². The maximum Gasteiger partial charge on any atom is 0.252 e. The lowest BCUT2D eigenvalue weighted by Gasteiger charge is -2.15. The van der Waals surface area contributed by atoms with Gasteiger partial charge in [-0.2, -0.15) is 0 Å². The summed E-state index contributed by atoms with van der Waals surface area (Å²) in [7, 11) is 0. The molecule has 0 aliphatic heterocycles. The number of aromatic nitrogens is 1. The fourth-order valence-corrected chi connectivity index (χ4v) is 3.69. The van der Waals surface area contributed by atoms with E-state index >= 15 is 0 Å². The number of carbonyl (C=O) groups is 1. The van der Waals surface area contributed by atoms with E-state index in [2.05, 4.69) is 10.3 Å². The fourth-order valence-electron chi connectivity index (χ4n) is 3.69. The Hall–Kier alpha value is -2.92. The maximum atomic E-state index is 12.8. The maximum absolute atomic E-state index is 12.8. The highest BCUT2D eigenvalue weighted by molar-refractivity contribution is 6.00. The third kappa shape index (κ3) is 3.85. The highest BCUT2D eigenvalue weighted by atomic mass is 16.4. The lowest BCUT2D eigenvalue weighted by atomic mass is 10.0. The number of hydrogen-bond acceptors (Lipinski definition) is 4. The Morgan fingerprint density at radius 2 is 1.96 bits per heavy atom. The van der Waals surface area contributed by atoms with E-state index in [0.717, 1.165) is 24.8 Å². The number of oxazole rings is 1. The van der Waals surface area contributed by atoms with Gasteiger partial charge < -0.3 is 14.8 Å². The van der Waals surface area contributed by atoms with Gasteiger partial charge in [0.15, 0.2) is 5.76 Å². The van der Waals surface area contributed by atoms with Crippen molar-refractivity contribution in [1.29, 1.82) is 0 Å². The Kier molecular flexibility index (Phi) is 5.26. The van der Waals surface area contributed by atoms with Crippen molar-refractivity contribution in [2.45, 2.75) is 32.3 Å². The molecule has 0 saturated heterocycles. The molecule has 4 rings (SSSR count). The summed E-state index contributed by atoms with van der Waals surface area (Å²) < 4.78 is 5.95. The van der Waals surface area contributed by atoms with Gasteiger partial charge in [-0.05, 0) is 31.9 Å². The molecular formula is C23H24N2O3. The molecule has 0 radical (unpaired) electrons. The summed E-state index contributed by atoms with van der Waals surface area (Å²) in [4.78, 5) is 17.1. The number of rotatable bonds is 5. The van der Waals surface area contributed by atoms with Crippen LogP contribution in [-0.2, 0) is 0 Å². The van der Waals surface area contributed by atoms with Crippen LogP contribution in [0.1, 0.15) is 35.2 Å². The fraction of sp³-hybridized carbons (Fsp3) is 0.304. The van der Waals surface area contributed by atoms with Gasteiger partial charge in [0, 0.05) is 23.6 Å². The first kappa shape index (κ1) is 18.4. The number of carbonyl (C=O) groups excluding carboxylic acids is 1. The minimum absolute atomic E-state index is 0.131. The van der Waals surface area contributed by atoms with E-state index in [1.807, 2.05) is 49.4 Å². The lowest BCUT2D eigenvalue weighted by Crippen LogP contribution is -2.32. The minimum atomic E-state index is -0.320. The Morgan fingerprint density at radius 3 is 2.71 bits per heavy atom. The number of amides is 1. The van der Waals surface area contributed by atoms with Crippen LogP contribution in [0.2, 0.25) is 0 Å². The minimum Gasteiger partial charge on any atom is -0.436 e. The van der Waals surface area contributed by atoms with Crippen LogP contribution in [0.15, 0.2) is 59.1 Å². The lowest BCUT2D eigenvalue weighted by molar-refractivity contribution is 0.0917. The van der Waals surface area contributed by atoms with Crippen molar-refractivity contribution in [2.24, 2.45) is 5.92 Å². The number of benzene rings is 2. The normalized spacial score (nSPS) is 18.9. The Labute approximate surface area is 164 Å². The summed E-state index contributed by atoms with van der Waals surface area (Å²) in [5.74, 6) is 1.04. The van der Waals surface area contributed by atoms with Crippen molar-refractivity contribution in [1.82, 2.24) is 10.3 Å². The number of aliphatic hydroxyl groups excluding tert-OH is 1. The second-order valence-electron chi connectivity index (χ2n) is 7.41. The van der Waals surface area contributed by atoms with Gasteiger partial charge in [-0.25, -0.2) is 4.98 Å².